The summed E-state index contributed by atoms with van der Waals surface area (Å²) in [5.41, 5.74) is 1.50. The molecule has 0 aliphatic carbocycles. The molecule has 0 bridgehead atoms. The number of benzene rings is 1. The molecule has 2 unspecified atom stereocenters. The third kappa shape index (κ3) is 4.23. The van der Waals surface area contributed by atoms with E-state index in [1.807, 2.05) is 19.2 Å². The Bertz CT molecular complexity index is 415. The molecule has 2 N–H and O–H groups in total. The number of hydrogen-bond donors (Lipinski definition) is 2. The standard InChI is InChI=1S/C12H15BrN2OS/c1-8(12(7-16)17-2)15-11-4-9(6-14)3-10(13)5-11/h3-5,8,12,15-16H,7H2,1-2H3. The quantitative estimate of drug-likeness (QED) is 0.877. The minimum atomic E-state index is 0.133. The number of halogens is 1. The zero-order valence-electron chi connectivity index (χ0n) is 9.77. The highest BCUT2D eigenvalue weighted by molar-refractivity contribution is 9.10. The van der Waals surface area contributed by atoms with Crippen molar-refractivity contribution in [2.75, 3.05) is 18.2 Å². The number of rotatable bonds is 5. The minimum Gasteiger partial charge on any atom is -0.395 e. The van der Waals surface area contributed by atoms with Crippen LogP contribution in [0.4, 0.5) is 5.69 Å². The van der Waals surface area contributed by atoms with E-state index in [4.69, 9.17) is 5.26 Å². The fourth-order valence-corrected chi connectivity index (χ4v) is 2.65. The van der Waals surface area contributed by atoms with Gasteiger partial charge in [-0.05, 0) is 31.4 Å². The monoisotopic (exact) mass is 314 g/mol. The van der Waals surface area contributed by atoms with Gasteiger partial charge in [-0.2, -0.15) is 17.0 Å². The predicted molar refractivity (Wildman–Crippen MR) is 76.3 cm³/mol. The van der Waals surface area contributed by atoms with Gasteiger partial charge in [0.05, 0.1) is 18.2 Å². The van der Waals surface area contributed by atoms with Gasteiger partial charge in [0.2, 0.25) is 0 Å². The van der Waals surface area contributed by atoms with Crippen LogP contribution in [0.3, 0.4) is 0 Å². The maximum atomic E-state index is 9.21. The molecule has 0 spiro atoms. The summed E-state index contributed by atoms with van der Waals surface area (Å²) < 4.78 is 0.871. The second-order valence-corrected chi connectivity index (χ2v) is 5.72. The van der Waals surface area contributed by atoms with E-state index in [2.05, 4.69) is 27.3 Å². The third-order valence-electron chi connectivity index (χ3n) is 2.46. The maximum Gasteiger partial charge on any atom is 0.0992 e. The van der Waals surface area contributed by atoms with Gasteiger partial charge < -0.3 is 10.4 Å². The molecule has 0 saturated carbocycles. The molecule has 92 valence electrons. The first kappa shape index (κ1) is 14.4. The lowest BCUT2D eigenvalue weighted by molar-refractivity contribution is 0.288. The van der Waals surface area contributed by atoms with Gasteiger partial charge in [-0.15, -0.1) is 0 Å². The molecule has 1 aromatic rings. The SMILES string of the molecule is CSC(CO)C(C)Nc1cc(Br)cc(C#N)c1. The molecule has 0 amide bonds. The number of aliphatic hydroxyl groups excluding tert-OH is 1. The Kier molecular flexibility index (Phi) is 5.83. The fourth-order valence-electron chi connectivity index (χ4n) is 1.53. The Morgan fingerprint density at radius 2 is 2.24 bits per heavy atom. The lowest BCUT2D eigenvalue weighted by atomic mass is 10.2. The van der Waals surface area contributed by atoms with E-state index in [-0.39, 0.29) is 17.9 Å². The van der Waals surface area contributed by atoms with Gasteiger partial charge in [-0.3, -0.25) is 0 Å². The number of nitrogens with zero attached hydrogens (tertiary/aromatic N) is 1. The molecule has 0 fully saturated rings. The Labute approximate surface area is 114 Å². The van der Waals surface area contributed by atoms with Crippen LogP contribution in [0.2, 0.25) is 0 Å². The van der Waals surface area contributed by atoms with Crippen LogP contribution >= 0.6 is 27.7 Å². The lowest BCUT2D eigenvalue weighted by Gasteiger charge is -2.22. The van der Waals surface area contributed by atoms with E-state index in [1.165, 1.54) is 0 Å². The van der Waals surface area contributed by atoms with Crippen LogP contribution in [-0.4, -0.2) is 29.3 Å². The summed E-state index contributed by atoms with van der Waals surface area (Å²) in [6.45, 7) is 2.15. The average molecular weight is 315 g/mol. The number of hydrogen-bond acceptors (Lipinski definition) is 4. The summed E-state index contributed by atoms with van der Waals surface area (Å²) in [6.07, 6.45) is 1.97. The smallest absolute Gasteiger partial charge is 0.0992 e. The van der Waals surface area contributed by atoms with Crippen molar-refractivity contribution in [2.45, 2.75) is 18.2 Å². The second kappa shape index (κ2) is 6.90. The lowest BCUT2D eigenvalue weighted by Crippen LogP contribution is -2.30. The highest BCUT2D eigenvalue weighted by Gasteiger charge is 2.15. The van der Waals surface area contributed by atoms with Crippen molar-refractivity contribution in [3.8, 4) is 6.07 Å². The van der Waals surface area contributed by atoms with Crippen LogP contribution in [0.25, 0.3) is 0 Å². The van der Waals surface area contributed by atoms with Gasteiger partial charge in [-0.1, -0.05) is 15.9 Å². The van der Waals surface area contributed by atoms with Crippen molar-refractivity contribution < 1.29 is 5.11 Å². The van der Waals surface area contributed by atoms with E-state index >= 15 is 0 Å². The summed E-state index contributed by atoms with van der Waals surface area (Å²) in [7, 11) is 0. The predicted octanol–water partition coefficient (Wildman–Crippen LogP) is 2.85. The number of aliphatic hydroxyl groups is 1. The largest absolute Gasteiger partial charge is 0.395 e. The average Bonchev–Trinajstić information content (AvgIpc) is 2.29. The van der Waals surface area contributed by atoms with Crippen LogP contribution in [0, 0.1) is 11.3 Å². The Morgan fingerprint density at radius 3 is 2.76 bits per heavy atom. The Hall–Kier alpha value is -0.700. The molecule has 0 heterocycles. The van der Waals surface area contributed by atoms with Crippen LogP contribution < -0.4 is 5.32 Å². The molecule has 17 heavy (non-hydrogen) atoms. The van der Waals surface area contributed by atoms with E-state index in [1.54, 1.807) is 23.9 Å². The van der Waals surface area contributed by atoms with Gasteiger partial charge in [0.1, 0.15) is 0 Å². The number of nitrogens with one attached hydrogen (secondary N) is 1. The summed E-state index contributed by atoms with van der Waals surface area (Å²) in [6, 6.07) is 7.75. The fraction of sp³-hybridized carbons (Fsp3) is 0.417. The zero-order valence-corrected chi connectivity index (χ0v) is 12.2. The van der Waals surface area contributed by atoms with Gasteiger partial charge >= 0.3 is 0 Å². The number of anilines is 1. The van der Waals surface area contributed by atoms with E-state index in [0.717, 1.165) is 10.2 Å². The van der Waals surface area contributed by atoms with Gasteiger partial charge in [0, 0.05) is 21.5 Å². The first-order valence-corrected chi connectivity index (χ1v) is 7.29. The number of nitriles is 1. The summed E-state index contributed by atoms with van der Waals surface area (Å²) in [4.78, 5) is 0. The van der Waals surface area contributed by atoms with Crippen molar-refractivity contribution in [1.82, 2.24) is 0 Å². The topological polar surface area (TPSA) is 56.0 Å². The van der Waals surface area contributed by atoms with Crippen LogP contribution in [-0.2, 0) is 0 Å². The molecule has 1 aromatic carbocycles. The van der Waals surface area contributed by atoms with Gasteiger partial charge in [0.15, 0.2) is 0 Å². The van der Waals surface area contributed by atoms with Crippen molar-refractivity contribution in [2.24, 2.45) is 0 Å². The molecule has 5 heteroatoms. The van der Waals surface area contributed by atoms with E-state index in [9.17, 15) is 5.11 Å². The van der Waals surface area contributed by atoms with E-state index < -0.39 is 0 Å². The van der Waals surface area contributed by atoms with Crippen molar-refractivity contribution in [3.05, 3.63) is 28.2 Å². The molecular formula is C12H15BrN2OS. The van der Waals surface area contributed by atoms with Crippen molar-refractivity contribution in [1.29, 1.82) is 5.26 Å². The molecule has 2 atom stereocenters. The summed E-state index contributed by atoms with van der Waals surface area (Å²) in [5.74, 6) is 0. The highest BCUT2D eigenvalue weighted by atomic mass is 79.9. The third-order valence-corrected chi connectivity index (χ3v) is 4.08. The van der Waals surface area contributed by atoms with E-state index in [0.29, 0.717) is 5.56 Å². The number of thioether (sulfide) groups is 1. The molecular weight excluding hydrogens is 300 g/mol. The zero-order chi connectivity index (χ0) is 12.8. The summed E-state index contributed by atoms with van der Waals surface area (Å²) >= 11 is 4.99. The molecule has 0 aliphatic rings. The van der Waals surface area contributed by atoms with Crippen LogP contribution in [0.15, 0.2) is 22.7 Å². The van der Waals surface area contributed by atoms with Crippen LogP contribution in [0.5, 0.6) is 0 Å². The van der Waals surface area contributed by atoms with Crippen molar-refractivity contribution in [3.63, 3.8) is 0 Å². The maximum absolute atomic E-state index is 9.21. The molecule has 0 saturated heterocycles. The minimum absolute atomic E-state index is 0.133. The molecule has 0 aliphatic heterocycles. The Balaban J connectivity index is 2.81. The van der Waals surface area contributed by atoms with Gasteiger partial charge in [0.25, 0.3) is 0 Å². The normalized spacial score (nSPS) is 13.8. The van der Waals surface area contributed by atoms with Gasteiger partial charge in [-0.25, -0.2) is 0 Å². The first-order valence-electron chi connectivity index (χ1n) is 5.21. The highest BCUT2D eigenvalue weighted by Crippen LogP contribution is 2.22. The molecule has 1 rings (SSSR count). The van der Waals surface area contributed by atoms with Crippen LogP contribution in [0.1, 0.15) is 12.5 Å². The molecule has 0 radical (unpaired) electrons. The molecule has 3 nitrogen and oxygen atoms in total. The first-order chi connectivity index (χ1) is 8.10. The molecule has 0 aromatic heterocycles. The summed E-state index contributed by atoms with van der Waals surface area (Å²) in [5, 5.41) is 21.5. The Morgan fingerprint density at radius 1 is 1.53 bits per heavy atom. The second-order valence-electron chi connectivity index (χ2n) is 3.73. The van der Waals surface area contributed by atoms with Crippen molar-refractivity contribution >= 4 is 33.4 Å².